The van der Waals surface area contributed by atoms with Crippen LogP contribution in [0.5, 0.6) is 0 Å². The first-order valence-corrected chi connectivity index (χ1v) is 9.09. The molecule has 1 aromatic carbocycles. The Bertz CT molecular complexity index is 539. The third-order valence-corrected chi connectivity index (χ3v) is 5.10. The topological polar surface area (TPSA) is 58.2 Å². The molecule has 0 heterocycles. The minimum Gasteiger partial charge on any atom is -0.310 e. The molecule has 1 aromatic rings. The van der Waals surface area contributed by atoms with Crippen molar-refractivity contribution in [3.63, 3.8) is 0 Å². The molecule has 1 unspecified atom stereocenters. The van der Waals surface area contributed by atoms with Crippen LogP contribution in [-0.2, 0) is 16.6 Å². The van der Waals surface area contributed by atoms with Crippen LogP contribution in [0.25, 0.3) is 0 Å². The molecule has 2 N–H and O–H groups in total. The summed E-state index contributed by atoms with van der Waals surface area (Å²) >= 11 is 0. The van der Waals surface area contributed by atoms with E-state index in [2.05, 4.69) is 10.0 Å². The number of rotatable bonds is 8. The Balaban J connectivity index is 3.02. The Labute approximate surface area is 129 Å². The van der Waals surface area contributed by atoms with Crippen molar-refractivity contribution in [2.24, 2.45) is 5.92 Å². The van der Waals surface area contributed by atoms with Crippen molar-refractivity contribution >= 4 is 10.0 Å². The molecule has 0 fully saturated rings. The van der Waals surface area contributed by atoms with Crippen molar-refractivity contribution in [2.45, 2.75) is 64.6 Å². The van der Waals surface area contributed by atoms with Crippen LogP contribution in [0.3, 0.4) is 0 Å². The van der Waals surface area contributed by atoms with E-state index < -0.39 is 10.0 Å². The molecule has 0 spiro atoms. The highest BCUT2D eigenvalue weighted by Gasteiger charge is 2.23. The summed E-state index contributed by atoms with van der Waals surface area (Å²) in [6.07, 6.45) is 0.781. The molecule has 0 saturated heterocycles. The third-order valence-electron chi connectivity index (χ3n) is 3.51. The van der Waals surface area contributed by atoms with E-state index in [1.807, 2.05) is 46.8 Å². The highest BCUT2D eigenvalue weighted by Crippen LogP contribution is 2.18. The molecule has 1 rings (SSSR count). The standard InChI is InChI=1S/C16H28N2O2S/c1-6-15(12(2)3)18-21(19,20)16-10-8-7-9-14(16)11-17-13(4)5/h7-10,12-13,15,17-18H,6,11H2,1-5H3. The van der Waals surface area contributed by atoms with Gasteiger partial charge in [0.25, 0.3) is 0 Å². The zero-order valence-electron chi connectivity index (χ0n) is 13.7. The van der Waals surface area contributed by atoms with E-state index in [4.69, 9.17) is 0 Å². The molecule has 0 amide bonds. The first kappa shape index (κ1) is 18.1. The van der Waals surface area contributed by atoms with Gasteiger partial charge in [-0.05, 0) is 24.0 Å². The molecule has 5 heteroatoms. The molecule has 4 nitrogen and oxygen atoms in total. The zero-order valence-corrected chi connectivity index (χ0v) is 14.5. The quantitative estimate of drug-likeness (QED) is 0.776. The summed E-state index contributed by atoms with van der Waals surface area (Å²) < 4.78 is 28.1. The predicted molar refractivity (Wildman–Crippen MR) is 87.7 cm³/mol. The van der Waals surface area contributed by atoms with Crippen molar-refractivity contribution in [3.05, 3.63) is 29.8 Å². The highest BCUT2D eigenvalue weighted by molar-refractivity contribution is 7.89. The van der Waals surface area contributed by atoms with Gasteiger partial charge in [0.1, 0.15) is 0 Å². The second kappa shape index (κ2) is 7.92. The summed E-state index contributed by atoms with van der Waals surface area (Å²) in [5.74, 6) is 0.269. The summed E-state index contributed by atoms with van der Waals surface area (Å²) in [6.45, 7) is 10.7. The van der Waals surface area contributed by atoms with Crippen LogP contribution in [0.2, 0.25) is 0 Å². The van der Waals surface area contributed by atoms with Crippen molar-refractivity contribution in [1.82, 2.24) is 10.0 Å². The van der Waals surface area contributed by atoms with E-state index >= 15 is 0 Å². The summed E-state index contributed by atoms with van der Waals surface area (Å²) in [5, 5.41) is 3.27. The molecule has 120 valence electrons. The lowest BCUT2D eigenvalue weighted by atomic mass is 10.0. The molecule has 21 heavy (non-hydrogen) atoms. The van der Waals surface area contributed by atoms with Crippen molar-refractivity contribution in [1.29, 1.82) is 0 Å². The van der Waals surface area contributed by atoms with Crippen LogP contribution < -0.4 is 10.0 Å². The van der Waals surface area contributed by atoms with Crippen LogP contribution in [0.1, 0.15) is 46.6 Å². The van der Waals surface area contributed by atoms with Gasteiger partial charge < -0.3 is 5.32 Å². The van der Waals surface area contributed by atoms with Crippen LogP contribution in [-0.4, -0.2) is 20.5 Å². The van der Waals surface area contributed by atoms with Gasteiger partial charge in [-0.25, -0.2) is 13.1 Å². The third kappa shape index (κ3) is 5.41. The lowest BCUT2D eigenvalue weighted by molar-refractivity contribution is 0.437. The number of hydrogen-bond acceptors (Lipinski definition) is 3. The monoisotopic (exact) mass is 312 g/mol. The van der Waals surface area contributed by atoms with Crippen LogP contribution in [0.15, 0.2) is 29.2 Å². The molecular formula is C16H28N2O2S. The summed E-state index contributed by atoms with van der Waals surface area (Å²) in [4.78, 5) is 0.372. The van der Waals surface area contributed by atoms with Gasteiger partial charge in [-0.2, -0.15) is 0 Å². The first-order chi connectivity index (χ1) is 9.77. The van der Waals surface area contributed by atoms with E-state index in [1.54, 1.807) is 12.1 Å². The molecule has 0 aliphatic rings. The smallest absolute Gasteiger partial charge is 0.241 e. The first-order valence-electron chi connectivity index (χ1n) is 7.61. The van der Waals surface area contributed by atoms with E-state index in [1.165, 1.54) is 0 Å². The Morgan fingerprint density at radius 2 is 1.71 bits per heavy atom. The van der Waals surface area contributed by atoms with Gasteiger partial charge in [-0.15, -0.1) is 0 Å². The Hall–Kier alpha value is -0.910. The molecule has 0 saturated carbocycles. The highest BCUT2D eigenvalue weighted by atomic mass is 32.2. The average Bonchev–Trinajstić information content (AvgIpc) is 2.42. The van der Waals surface area contributed by atoms with Gasteiger partial charge in [-0.3, -0.25) is 0 Å². The van der Waals surface area contributed by atoms with Crippen LogP contribution in [0.4, 0.5) is 0 Å². The second-order valence-electron chi connectivity index (χ2n) is 6.02. The zero-order chi connectivity index (χ0) is 16.0. The van der Waals surface area contributed by atoms with E-state index in [0.29, 0.717) is 17.5 Å². The summed E-state index contributed by atoms with van der Waals surface area (Å²) in [5.41, 5.74) is 0.803. The maximum absolute atomic E-state index is 12.6. The van der Waals surface area contributed by atoms with Gasteiger partial charge in [0.05, 0.1) is 4.90 Å². The fourth-order valence-electron chi connectivity index (χ4n) is 2.18. The van der Waals surface area contributed by atoms with Gasteiger partial charge in [0, 0.05) is 18.6 Å². The maximum atomic E-state index is 12.6. The molecule has 0 radical (unpaired) electrons. The van der Waals surface area contributed by atoms with Crippen molar-refractivity contribution < 1.29 is 8.42 Å². The minimum atomic E-state index is -3.49. The van der Waals surface area contributed by atoms with Crippen LogP contribution in [0, 0.1) is 5.92 Å². The van der Waals surface area contributed by atoms with Gasteiger partial charge >= 0.3 is 0 Å². The fraction of sp³-hybridized carbons (Fsp3) is 0.625. The van der Waals surface area contributed by atoms with Crippen molar-refractivity contribution in [2.75, 3.05) is 0 Å². The minimum absolute atomic E-state index is 0.0406. The number of hydrogen-bond donors (Lipinski definition) is 2. The summed E-state index contributed by atoms with van der Waals surface area (Å²) in [7, 11) is -3.49. The lowest BCUT2D eigenvalue weighted by Gasteiger charge is -2.22. The van der Waals surface area contributed by atoms with Gasteiger partial charge in [0.15, 0.2) is 0 Å². The molecule has 0 aliphatic heterocycles. The number of nitrogens with one attached hydrogen (secondary N) is 2. The molecule has 0 aliphatic carbocycles. The summed E-state index contributed by atoms with van der Waals surface area (Å²) in [6, 6.07) is 7.45. The molecular weight excluding hydrogens is 284 g/mol. The molecule has 0 aromatic heterocycles. The predicted octanol–water partition coefficient (Wildman–Crippen LogP) is 2.90. The largest absolute Gasteiger partial charge is 0.310 e. The van der Waals surface area contributed by atoms with E-state index in [-0.39, 0.29) is 12.0 Å². The molecule has 0 bridgehead atoms. The van der Waals surface area contributed by atoms with Gasteiger partial charge in [-0.1, -0.05) is 52.8 Å². The van der Waals surface area contributed by atoms with Crippen molar-refractivity contribution in [3.8, 4) is 0 Å². The SMILES string of the molecule is CCC(NS(=O)(=O)c1ccccc1CNC(C)C)C(C)C. The Kier molecular flexibility index (Phi) is 6.84. The average molecular weight is 312 g/mol. The Morgan fingerprint density at radius 3 is 2.24 bits per heavy atom. The molecule has 1 atom stereocenters. The maximum Gasteiger partial charge on any atom is 0.241 e. The number of sulfonamides is 1. The van der Waals surface area contributed by atoms with Gasteiger partial charge in [0.2, 0.25) is 10.0 Å². The van der Waals surface area contributed by atoms with E-state index in [0.717, 1.165) is 12.0 Å². The van der Waals surface area contributed by atoms with E-state index in [9.17, 15) is 8.42 Å². The lowest BCUT2D eigenvalue weighted by Crippen LogP contribution is -2.38. The second-order valence-corrected chi connectivity index (χ2v) is 7.71. The van der Waals surface area contributed by atoms with Crippen LogP contribution >= 0.6 is 0 Å². The Morgan fingerprint density at radius 1 is 1.10 bits per heavy atom. The normalized spacial score (nSPS) is 13.9. The fourth-order valence-corrected chi connectivity index (χ4v) is 3.89. The number of benzene rings is 1.